The summed E-state index contributed by atoms with van der Waals surface area (Å²) < 4.78 is 27.6. The number of nitrogens with zero attached hydrogens (tertiary/aromatic N) is 3. The first-order valence-electron chi connectivity index (χ1n) is 6.91. The van der Waals surface area contributed by atoms with Gasteiger partial charge in [-0.3, -0.25) is 4.79 Å². The highest BCUT2D eigenvalue weighted by Crippen LogP contribution is 2.29. The Kier molecular flexibility index (Phi) is 5.79. The number of aromatic nitrogens is 3. The predicted octanol–water partition coefficient (Wildman–Crippen LogP) is 2.32. The van der Waals surface area contributed by atoms with Crippen molar-refractivity contribution in [2.75, 3.05) is 31.1 Å². The van der Waals surface area contributed by atoms with Gasteiger partial charge in [-0.15, -0.1) is 23.7 Å². The summed E-state index contributed by atoms with van der Waals surface area (Å²) in [6, 6.07) is 0. The van der Waals surface area contributed by atoms with Crippen LogP contribution in [0.5, 0.6) is 0 Å². The maximum Gasteiger partial charge on any atom is 0.277 e. The van der Waals surface area contributed by atoms with E-state index in [0.29, 0.717) is 17.1 Å². The summed E-state index contributed by atoms with van der Waals surface area (Å²) in [5.41, 5.74) is 1.78. The number of hydrogen-bond acceptors (Lipinski definition) is 6. The van der Waals surface area contributed by atoms with Gasteiger partial charge in [-0.2, -0.15) is 0 Å². The number of thiazole rings is 1. The van der Waals surface area contributed by atoms with Crippen molar-refractivity contribution >= 4 is 41.2 Å². The maximum atomic E-state index is 13.8. The van der Waals surface area contributed by atoms with E-state index < -0.39 is 24.6 Å². The Morgan fingerprint density at radius 2 is 2.21 bits per heavy atom. The van der Waals surface area contributed by atoms with Crippen LogP contribution in [0, 0.1) is 6.92 Å². The van der Waals surface area contributed by atoms with Gasteiger partial charge in [0.15, 0.2) is 11.6 Å². The molecule has 2 aromatic heterocycles. The summed E-state index contributed by atoms with van der Waals surface area (Å²) in [7, 11) is 0. The highest BCUT2D eigenvalue weighted by molar-refractivity contribution is 7.13. The van der Waals surface area contributed by atoms with E-state index in [9.17, 15) is 13.6 Å². The number of alkyl halides is 2. The molecule has 2 N–H and O–H groups in total. The molecule has 0 bridgehead atoms. The second kappa shape index (κ2) is 7.30. The number of nitrogens with one attached hydrogen (secondary N) is 2. The maximum absolute atomic E-state index is 13.8. The van der Waals surface area contributed by atoms with Crippen LogP contribution in [0.3, 0.4) is 0 Å². The van der Waals surface area contributed by atoms with Gasteiger partial charge in [-0.05, 0) is 6.92 Å². The molecule has 2 aromatic rings. The number of halogens is 4. The molecule has 11 heteroatoms. The van der Waals surface area contributed by atoms with Crippen LogP contribution in [0.2, 0.25) is 5.02 Å². The van der Waals surface area contributed by atoms with E-state index in [1.807, 2.05) is 0 Å². The van der Waals surface area contributed by atoms with E-state index in [2.05, 4.69) is 20.3 Å². The SMILES string of the molecule is Cc1ncsc1-c1nc(N2CCNCC(F)(F)C2)c(Cl)c(=O)[nH]1.Cl. The predicted molar refractivity (Wildman–Crippen MR) is 93.0 cm³/mol. The standard InChI is InChI=1S/C13H14ClF2N5OS.ClH/c1-7-9(23-6-18-7)10-19-11(8(14)12(22)20-10)21-3-2-17-4-13(15,16)5-21;/h6,17H,2-5H2,1H3,(H,19,20,22);1H. The number of anilines is 1. The van der Waals surface area contributed by atoms with Crippen LogP contribution in [0.15, 0.2) is 10.3 Å². The molecule has 1 aliphatic heterocycles. The van der Waals surface area contributed by atoms with Crippen LogP contribution < -0.4 is 15.8 Å². The Labute approximate surface area is 151 Å². The summed E-state index contributed by atoms with van der Waals surface area (Å²) in [4.78, 5) is 25.1. The number of rotatable bonds is 2. The zero-order valence-electron chi connectivity index (χ0n) is 12.6. The minimum atomic E-state index is -2.93. The molecule has 132 valence electrons. The van der Waals surface area contributed by atoms with E-state index in [-0.39, 0.29) is 35.6 Å². The molecule has 0 aromatic carbocycles. The summed E-state index contributed by atoms with van der Waals surface area (Å²) in [6.45, 7) is 1.47. The molecule has 3 heterocycles. The van der Waals surface area contributed by atoms with Crippen LogP contribution in [0.25, 0.3) is 10.7 Å². The van der Waals surface area contributed by atoms with Gasteiger partial charge in [0, 0.05) is 13.1 Å². The number of aromatic amines is 1. The second-order valence-electron chi connectivity index (χ2n) is 5.27. The summed E-state index contributed by atoms with van der Waals surface area (Å²) >= 11 is 7.33. The molecule has 0 amide bonds. The smallest absolute Gasteiger partial charge is 0.277 e. The van der Waals surface area contributed by atoms with Gasteiger partial charge in [0.2, 0.25) is 0 Å². The monoisotopic (exact) mass is 397 g/mol. The molecule has 1 fully saturated rings. The zero-order valence-corrected chi connectivity index (χ0v) is 15.0. The first-order valence-corrected chi connectivity index (χ1v) is 8.17. The molecule has 0 atom stereocenters. The minimum absolute atomic E-state index is 0. The third kappa shape index (κ3) is 3.85. The van der Waals surface area contributed by atoms with Crippen LogP contribution in [-0.2, 0) is 0 Å². The lowest BCUT2D eigenvalue weighted by Gasteiger charge is -2.25. The van der Waals surface area contributed by atoms with Gasteiger partial charge in [-0.1, -0.05) is 11.6 Å². The Balaban J connectivity index is 0.00000208. The lowest BCUT2D eigenvalue weighted by atomic mass is 10.3. The number of H-pyrrole nitrogens is 1. The lowest BCUT2D eigenvalue weighted by molar-refractivity contribution is 0.0156. The normalized spacial score (nSPS) is 17.2. The Hall–Kier alpha value is -1.29. The zero-order chi connectivity index (χ0) is 16.6. The highest BCUT2D eigenvalue weighted by Gasteiger charge is 2.35. The van der Waals surface area contributed by atoms with Crippen molar-refractivity contribution in [2.45, 2.75) is 12.8 Å². The quantitative estimate of drug-likeness (QED) is 0.813. The molecule has 1 aliphatic rings. The van der Waals surface area contributed by atoms with Gasteiger partial charge in [0.1, 0.15) is 5.02 Å². The highest BCUT2D eigenvalue weighted by atomic mass is 35.5. The third-order valence-electron chi connectivity index (χ3n) is 3.47. The van der Waals surface area contributed by atoms with Gasteiger partial charge in [0.25, 0.3) is 11.5 Å². The van der Waals surface area contributed by atoms with Crippen molar-refractivity contribution in [1.29, 1.82) is 0 Å². The molecule has 6 nitrogen and oxygen atoms in total. The van der Waals surface area contributed by atoms with Crippen LogP contribution in [-0.4, -0.2) is 47.1 Å². The van der Waals surface area contributed by atoms with Gasteiger partial charge in [-0.25, -0.2) is 18.7 Å². The summed E-state index contributed by atoms with van der Waals surface area (Å²) in [5, 5.41) is 2.48. The van der Waals surface area contributed by atoms with E-state index in [0.717, 1.165) is 0 Å². The van der Waals surface area contributed by atoms with Gasteiger partial charge >= 0.3 is 0 Å². The average molecular weight is 398 g/mol. The summed E-state index contributed by atoms with van der Waals surface area (Å²) in [5.74, 6) is -2.57. The van der Waals surface area contributed by atoms with Crippen LogP contribution in [0.4, 0.5) is 14.6 Å². The van der Waals surface area contributed by atoms with Crippen molar-refractivity contribution < 1.29 is 8.78 Å². The lowest BCUT2D eigenvalue weighted by Crippen LogP contribution is -2.39. The molecular formula is C13H15Cl2F2N5OS. The molecule has 1 saturated heterocycles. The topological polar surface area (TPSA) is 73.9 Å². The van der Waals surface area contributed by atoms with E-state index >= 15 is 0 Å². The largest absolute Gasteiger partial charge is 0.348 e. The fraction of sp³-hybridized carbons (Fsp3) is 0.462. The molecule has 0 aliphatic carbocycles. The minimum Gasteiger partial charge on any atom is -0.348 e. The van der Waals surface area contributed by atoms with Crippen molar-refractivity contribution in [3.63, 3.8) is 0 Å². The Bertz CT molecular complexity index is 782. The van der Waals surface area contributed by atoms with Crippen molar-refractivity contribution in [3.8, 4) is 10.7 Å². The van der Waals surface area contributed by atoms with Crippen molar-refractivity contribution in [2.24, 2.45) is 0 Å². The van der Waals surface area contributed by atoms with E-state index in [1.165, 1.54) is 16.2 Å². The van der Waals surface area contributed by atoms with Gasteiger partial charge < -0.3 is 15.2 Å². The fourth-order valence-electron chi connectivity index (χ4n) is 2.37. The molecule has 24 heavy (non-hydrogen) atoms. The van der Waals surface area contributed by atoms with Crippen molar-refractivity contribution in [1.82, 2.24) is 20.3 Å². The fourth-order valence-corrected chi connectivity index (χ4v) is 3.33. The Morgan fingerprint density at radius 3 is 2.88 bits per heavy atom. The number of aryl methyl sites for hydroxylation is 1. The van der Waals surface area contributed by atoms with Crippen LogP contribution in [0.1, 0.15) is 5.69 Å². The molecular weight excluding hydrogens is 383 g/mol. The number of hydrogen-bond donors (Lipinski definition) is 2. The summed E-state index contributed by atoms with van der Waals surface area (Å²) in [6.07, 6.45) is 0. The van der Waals surface area contributed by atoms with Crippen LogP contribution >= 0.6 is 35.3 Å². The molecule has 3 rings (SSSR count). The van der Waals surface area contributed by atoms with E-state index in [4.69, 9.17) is 11.6 Å². The third-order valence-corrected chi connectivity index (χ3v) is 4.75. The first kappa shape index (κ1) is 19.0. The molecule has 0 saturated carbocycles. The average Bonchev–Trinajstić information content (AvgIpc) is 2.82. The second-order valence-corrected chi connectivity index (χ2v) is 6.51. The van der Waals surface area contributed by atoms with Crippen molar-refractivity contribution in [3.05, 3.63) is 26.6 Å². The van der Waals surface area contributed by atoms with Gasteiger partial charge in [0.05, 0.1) is 29.2 Å². The Morgan fingerprint density at radius 1 is 1.46 bits per heavy atom. The molecule has 0 spiro atoms. The van der Waals surface area contributed by atoms with E-state index in [1.54, 1.807) is 12.4 Å². The molecule has 0 unspecified atom stereocenters. The first-order chi connectivity index (χ1) is 10.9. The molecule has 0 radical (unpaired) electrons.